The minimum Gasteiger partial charge on any atom is -0.492 e. The van der Waals surface area contributed by atoms with Gasteiger partial charge < -0.3 is 20.7 Å². The Morgan fingerprint density at radius 1 is 1.00 bits per heavy atom. The molecule has 0 unspecified atom stereocenters. The molecule has 154 valence electrons. The van der Waals surface area contributed by atoms with Crippen LogP contribution in [-0.4, -0.2) is 62.6 Å². The Hall–Kier alpha value is -3.13. The van der Waals surface area contributed by atoms with E-state index in [0.717, 1.165) is 31.9 Å². The maximum Gasteiger partial charge on any atom is 0.248 e. The third kappa shape index (κ3) is 6.18. The number of rotatable bonds is 8. The predicted molar refractivity (Wildman–Crippen MR) is 109 cm³/mol. The van der Waals surface area contributed by atoms with Crippen LogP contribution in [0.1, 0.15) is 10.4 Å². The number of nitrogens with zero attached hydrogens (tertiary/aromatic N) is 2. The van der Waals surface area contributed by atoms with Crippen molar-refractivity contribution in [3.63, 3.8) is 0 Å². The van der Waals surface area contributed by atoms with Gasteiger partial charge in [-0.3, -0.25) is 14.5 Å². The van der Waals surface area contributed by atoms with Crippen molar-refractivity contribution in [3.05, 3.63) is 59.9 Å². The molecule has 0 aromatic heterocycles. The van der Waals surface area contributed by atoms with E-state index in [9.17, 15) is 14.0 Å². The van der Waals surface area contributed by atoms with Crippen molar-refractivity contribution in [1.82, 2.24) is 10.2 Å². The number of ether oxygens (including phenoxy) is 1. The summed E-state index contributed by atoms with van der Waals surface area (Å²) in [5.41, 5.74) is 6.80. The van der Waals surface area contributed by atoms with Crippen LogP contribution in [0.5, 0.6) is 5.75 Å². The van der Waals surface area contributed by atoms with Gasteiger partial charge in [-0.25, -0.2) is 4.39 Å². The lowest BCUT2D eigenvalue weighted by Crippen LogP contribution is -2.49. The zero-order valence-electron chi connectivity index (χ0n) is 16.1. The predicted octanol–water partition coefficient (Wildman–Crippen LogP) is 1.24. The molecule has 0 atom stereocenters. The summed E-state index contributed by atoms with van der Waals surface area (Å²) >= 11 is 0. The van der Waals surface area contributed by atoms with E-state index in [4.69, 9.17) is 10.5 Å². The number of hydrogen-bond donors (Lipinski definition) is 2. The summed E-state index contributed by atoms with van der Waals surface area (Å²) in [6, 6.07) is 13.0. The topological polar surface area (TPSA) is 87.9 Å². The Balaban J connectivity index is 1.34. The number of carbonyl (C=O) groups excluding carboxylic acids is 2. The highest BCUT2D eigenvalue weighted by atomic mass is 19.1. The largest absolute Gasteiger partial charge is 0.492 e. The van der Waals surface area contributed by atoms with Crippen LogP contribution < -0.4 is 20.7 Å². The fraction of sp³-hybridized carbons (Fsp3) is 0.333. The molecule has 2 aromatic rings. The van der Waals surface area contributed by atoms with Crippen LogP contribution in [-0.2, 0) is 4.79 Å². The highest BCUT2D eigenvalue weighted by molar-refractivity contribution is 5.93. The molecule has 1 saturated heterocycles. The van der Waals surface area contributed by atoms with Crippen LogP contribution in [0, 0.1) is 5.82 Å². The molecule has 1 heterocycles. The van der Waals surface area contributed by atoms with Crippen molar-refractivity contribution in [2.75, 3.05) is 50.8 Å². The number of carbonyl (C=O) groups is 2. The second-order valence-electron chi connectivity index (χ2n) is 6.83. The number of nitrogens with two attached hydrogens (primary N) is 1. The number of amides is 2. The van der Waals surface area contributed by atoms with Gasteiger partial charge in [0.15, 0.2) is 0 Å². The van der Waals surface area contributed by atoms with Gasteiger partial charge in [0.2, 0.25) is 11.8 Å². The van der Waals surface area contributed by atoms with Gasteiger partial charge in [-0.2, -0.15) is 0 Å². The summed E-state index contributed by atoms with van der Waals surface area (Å²) in [5, 5.41) is 2.83. The Labute approximate surface area is 169 Å². The number of primary amides is 1. The van der Waals surface area contributed by atoms with Crippen molar-refractivity contribution in [2.24, 2.45) is 5.73 Å². The van der Waals surface area contributed by atoms with Crippen LogP contribution in [0.25, 0.3) is 0 Å². The molecule has 2 aromatic carbocycles. The Morgan fingerprint density at radius 3 is 2.28 bits per heavy atom. The van der Waals surface area contributed by atoms with Crippen LogP contribution in [0.2, 0.25) is 0 Å². The van der Waals surface area contributed by atoms with Crippen molar-refractivity contribution in [1.29, 1.82) is 0 Å². The Morgan fingerprint density at radius 2 is 1.66 bits per heavy atom. The maximum absolute atomic E-state index is 12.8. The first-order valence-corrected chi connectivity index (χ1v) is 9.53. The van der Waals surface area contributed by atoms with Crippen molar-refractivity contribution < 1.29 is 18.7 Å². The zero-order chi connectivity index (χ0) is 20.6. The first-order valence-electron chi connectivity index (χ1n) is 9.53. The third-order valence-corrected chi connectivity index (χ3v) is 4.76. The normalized spacial score (nSPS) is 14.4. The third-order valence-electron chi connectivity index (χ3n) is 4.76. The Kier molecular flexibility index (Phi) is 7.02. The molecule has 7 nitrogen and oxygen atoms in total. The van der Waals surface area contributed by atoms with Gasteiger partial charge in [0.1, 0.15) is 18.2 Å². The molecule has 8 heteroatoms. The molecule has 0 radical (unpaired) electrons. The molecule has 1 aliphatic heterocycles. The lowest BCUT2D eigenvalue weighted by molar-refractivity contribution is -0.122. The van der Waals surface area contributed by atoms with Gasteiger partial charge in [0, 0.05) is 37.4 Å². The molecule has 29 heavy (non-hydrogen) atoms. The van der Waals surface area contributed by atoms with Gasteiger partial charge in [-0.05, 0) is 48.5 Å². The number of anilines is 1. The second-order valence-corrected chi connectivity index (χ2v) is 6.83. The summed E-state index contributed by atoms with van der Waals surface area (Å²) in [6.07, 6.45) is 0. The lowest BCUT2D eigenvalue weighted by atomic mass is 10.1. The van der Waals surface area contributed by atoms with E-state index in [2.05, 4.69) is 15.1 Å². The van der Waals surface area contributed by atoms with Crippen LogP contribution in [0.15, 0.2) is 48.5 Å². The number of halogens is 1. The van der Waals surface area contributed by atoms with E-state index >= 15 is 0 Å². The minimum atomic E-state index is -0.435. The lowest BCUT2D eigenvalue weighted by Gasteiger charge is -2.35. The highest BCUT2D eigenvalue weighted by Crippen LogP contribution is 2.17. The molecule has 0 bridgehead atoms. The van der Waals surface area contributed by atoms with Gasteiger partial charge >= 0.3 is 0 Å². The first-order chi connectivity index (χ1) is 14.0. The Bertz CT molecular complexity index is 819. The van der Waals surface area contributed by atoms with E-state index in [1.54, 1.807) is 24.3 Å². The standard InChI is InChI=1S/C21H25FN4O3/c22-17-3-7-19(8-4-17)29-14-9-24-20(27)15-25-10-12-26(13-11-25)18-5-1-16(2-6-18)21(23)28/h1-8H,9-15H2,(H2,23,28)(H,24,27). The fourth-order valence-electron chi connectivity index (χ4n) is 3.15. The first kappa shape index (κ1) is 20.6. The van der Waals surface area contributed by atoms with Crippen molar-refractivity contribution in [3.8, 4) is 5.75 Å². The average molecular weight is 400 g/mol. The molecule has 3 N–H and O–H groups in total. The fourth-order valence-corrected chi connectivity index (χ4v) is 3.15. The highest BCUT2D eigenvalue weighted by Gasteiger charge is 2.19. The maximum atomic E-state index is 12.8. The van der Waals surface area contributed by atoms with E-state index in [1.165, 1.54) is 12.1 Å². The SMILES string of the molecule is NC(=O)c1ccc(N2CCN(CC(=O)NCCOc3ccc(F)cc3)CC2)cc1. The van der Waals surface area contributed by atoms with E-state index in [1.807, 2.05) is 12.1 Å². The minimum absolute atomic E-state index is 0.0491. The second kappa shape index (κ2) is 9.88. The molecule has 2 amide bonds. The monoisotopic (exact) mass is 400 g/mol. The number of nitrogens with one attached hydrogen (secondary N) is 1. The van der Waals surface area contributed by atoms with Crippen molar-refractivity contribution in [2.45, 2.75) is 0 Å². The molecule has 0 saturated carbocycles. The summed E-state index contributed by atoms with van der Waals surface area (Å²) in [4.78, 5) is 27.6. The molecule has 3 rings (SSSR count). The van der Waals surface area contributed by atoms with Crippen LogP contribution in [0.4, 0.5) is 10.1 Å². The molecular weight excluding hydrogens is 375 g/mol. The smallest absolute Gasteiger partial charge is 0.248 e. The molecular formula is C21H25FN4O3. The number of piperazine rings is 1. The van der Waals surface area contributed by atoms with Gasteiger partial charge in [0.05, 0.1) is 13.1 Å². The summed E-state index contributed by atoms with van der Waals surface area (Å²) < 4.78 is 18.3. The number of benzene rings is 2. The average Bonchev–Trinajstić information content (AvgIpc) is 2.73. The molecule has 1 fully saturated rings. The van der Waals surface area contributed by atoms with Crippen molar-refractivity contribution >= 4 is 17.5 Å². The molecule has 0 spiro atoms. The van der Waals surface area contributed by atoms with Crippen LogP contribution >= 0.6 is 0 Å². The summed E-state index contributed by atoms with van der Waals surface area (Å²) in [7, 11) is 0. The van der Waals surface area contributed by atoms with E-state index < -0.39 is 5.91 Å². The van der Waals surface area contributed by atoms with E-state index in [-0.39, 0.29) is 11.7 Å². The van der Waals surface area contributed by atoms with Gasteiger partial charge in [0.25, 0.3) is 0 Å². The quantitative estimate of drug-likeness (QED) is 0.651. The van der Waals surface area contributed by atoms with Gasteiger partial charge in [-0.1, -0.05) is 0 Å². The van der Waals surface area contributed by atoms with Crippen LogP contribution in [0.3, 0.4) is 0 Å². The zero-order valence-corrected chi connectivity index (χ0v) is 16.1. The van der Waals surface area contributed by atoms with Gasteiger partial charge in [-0.15, -0.1) is 0 Å². The van der Waals surface area contributed by atoms with E-state index in [0.29, 0.717) is 31.0 Å². The summed E-state index contributed by atoms with van der Waals surface area (Å²) in [6.45, 7) is 4.21. The summed E-state index contributed by atoms with van der Waals surface area (Å²) in [5.74, 6) is -0.225. The molecule has 0 aliphatic carbocycles. The number of hydrogen-bond acceptors (Lipinski definition) is 5. The molecule has 1 aliphatic rings.